The van der Waals surface area contributed by atoms with Crippen LogP contribution >= 0.6 is 11.8 Å². The number of morpholine rings is 1. The molecule has 0 aliphatic carbocycles. The van der Waals surface area contributed by atoms with Gasteiger partial charge in [-0.2, -0.15) is 5.10 Å². The quantitative estimate of drug-likeness (QED) is 0.489. The fourth-order valence-corrected chi connectivity index (χ4v) is 4.72. The number of hydrogen-bond acceptors (Lipinski definition) is 7. The van der Waals surface area contributed by atoms with Crippen LogP contribution in [0.15, 0.2) is 29.4 Å². The molecule has 11 heteroatoms. The molecule has 9 nitrogen and oxygen atoms in total. The van der Waals surface area contributed by atoms with E-state index in [1.54, 1.807) is 16.8 Å². The SMILES string of the molecule is Cc1nn(C)c(C)c1NC(=O)[C@@H](C)Sc1nnc(-c2ccc(F)cc2)n1CCN1CCOCC1. The van der Waals surface area contributed by atoms with Crippen molar-refractivity contribution in [3.05, 3.63) is 41.5 Å². The van der Waals surface area contributed by atoms with Gasteiger partial charge in [-0.15, -0.1) is 10.2 Å². The van der Waals surface area contributed by atoms with Crippen LogP contribution in [0.2, 0.25) is 0 Å². The van der Waals surface area contributed by atoms with Crippen LogP contribution in [-0.4, -0.2) is 73.5 Å². The van der Waals surface area contributed by atoms with Gasteiger partial charge in [-0.1, -0.05) is 11.8 Å². The molecule has 1 atom stereocenters. The van der Waals surface area contributed by atoms with Gasteiger partial charge in [0.05, 0.1) is 35.5 Å². The van der Waals surface area contributed by atoms with Gasteiger partial charge in [-0.3, -0.25) is 14.4 Å². The van der Waals surface area contributed by atoms with E-state index in [1.807, 2.05) is 32.4 Å². The Labute approximate surface area is 202 Å². The summed E-state index contributed by atoms with van der Waals surface area (Å²) in [6.45, 7) is 10.3. The number of carbonyl (C=O) groups is 1. The summed E-state index contributed by atoms with van der Waals surface area (Å²) < 4.78 is 22.7. The first kappa shape index (κ1) is 24.4. The van der Waals surface area contributed by atoms with Crippen molar-refractivity contribution < 1.29 is 13.9 Å². The Morgan fingerprint density at radius 2 is 1.88 bits per heavy atom. The average Bonchev–Trinajstić information content (AvgIpc) is 3.33. The van der Waals surface area contributed by atoms with Crippen molar-refractivity contribution >= 4 is 23.4 Å². The molecule has 34 heavy (non-hydrogen) atoms. The number of aryl methyl sites for hydroxylation is 2. The molecule has 0 saturated carbocycles. The molecule has 182 valence electrons. The van der Waals surface area contributed by atoms with Gasteiger partial charge in [0.15, 0.2) is 11.0 Å². The second-order valence-corrected chi connectivity index (χ2v) is 9.65. The summed E-state index contributed by atoms with van der Waals surface area (Å²) in [5.41, 5.74) is 3.19. The van der Waals surface area contributed by atoms with Crippen molar-refractivity contribution in [2.45, 2.75) is 37.7 Å². The smallest absolute Gasteiger partial charge is 0.237 e. The zero-order chi connectivity index (χ0) is 24.2. The maximum atomic E-state index is 13.5. The van der Waals surface area contributed by atoms with Crippen LogP contribution in [0.3, 0.4) is 0 Å². The summed E-state index contributed by atoms with van der Waals surface area (Å²) in [5.74, 6) is 0.224. The van der Waals surface area contributed by atoms with E-state index in [9.17, 15) is 9.18 Å². The Balaban J connectivity index is 1.53. The molecule has 4 rings (SSSR count). The van der Waals surface area contributed by atoms with Gasteiger partial charge in [0.1, 0.15) is 5.82 Å². The summed E-state index contributed by atoms with van der Waals surface area (Å²) in [5, 5.41) is 16.4. The number of anilines is 1. The number of rotatable bonds is 8. The highest BCUT2D eigenvalue weighted by Gasteiger charge is 2.23. The summed E-state index contributed by atoms with van der Waals surface area (Å²) >= 11 is 1.35. The molecule has 1 aliphatic rings. The summed E-state index contributed by atoms with van der Waals surface area (Å²) in [6.07, 6.45) is 0. The molecular weight excluding hydrogens is 457 g/mol. The van der Waals surface area contributed by atoms with E-state index in [0.717, 1.165) is 55.5 Å². The van der Waals surface area contributed by atoms with Crippen molar-refractivity contribution in [3.63, 3.8) is 0 Å². The van der Waals surface area contributed by atoms with E-state index in [-0.39, 0.29) is 11.7 Å². The summed E-state index contributed by atoms with van der Waals surface area (Å²) in [6, 6.07) is 6.22. The molecule has 3 aromatic rings. The molecule has 3 heterocycles. The Bertz CT molecular complexity index is 1140. The van der Waals surface area contributed by atoms with Crippen LogP contribution in [0.1, 0.15) is 18.3 Å². The number of halogens is 1. The number of nitrogens with one attached hydrogen (secondary N) is 1. The van der Waals surface area contributed by atoms with Gasteiger partial charge < -0.3 is 14.6 Å². The van der Waals surface area contributed by atoms with E-state index < -0.39 is 5.25 Å². The van der Waals surface area contributed by atoms with E-state index in [0.29, 0.717) is 17.5 Å². The Kier molecular flexibility index (Phi) is 7.64. The van der Waals surface area contributed by atoms with Crippen molar-refractivity contribution in [2.75, 3.05) is 38.2 Å². The predicted molar refractivity (Wildman–Crippen MR) is 129 cm³/mol. The van der Waals surface area contributed by atoms with Crippen LogP contribution in [0.25, 0.3) is 11.4 Å². The van der Waals surface area contributed by atoms with Crippen LogP contribution in [0.5, 0.6) is 0 Å². The minimum absolute atomic E-state index is 0.129. The predicted octanol–water partition coefficient (Wildman–Crippen LogP) is 2.89. The van der Waals surface area contributed by atoms with Crippen molar-refractivity contribution in [3.8, 4) is 11.4 Å². The largest absolute Gasteiger partial charge is 0.379 e. The summed E-state index contributed by atoms with van der Waals surface area (Å²) in [4.78, 5) is 15.3. The molecule has 0 radical (unpaired) electrons. The number of hydrogen-bond donors (Lipinski definition) is 1. The number of amides is 1. The first-order valence-corrected chi connectivity index (χ1v) is 12.2. The average molecular weight is 488 g/mol. The normalized spacial score (nSPS) is 15.4. The maximum Gasteiger partial charge on any atom is 0.237 e. The Hall–Kier alpha value is -2.76. The van der Waals surface area contributed by atoms with Gasteiger partial charge in [0.25, 0.3) is 0 Å². The number of thioether (sulfide) groups is 1. The zero-order valence-electron chi connectivity index (χ0n) is 19.9. The molecule has 1 fully saturated rings. The lowest BCUT2D eigenvalue weighted by Crippen LogP contribution is -2.38. The van der Waals surface area contributed by atoms with E-state index >= 15 is 0 Å². The standard InChI is InChI=1S/C23H30FN7O2S/c1-15-20(16(2)29(4)28-15)25-22(32)17(3)34-23-27-26-21(18-5-7-19(24)8-6-18)31(23)10-9-30-11-13-33-14-12-30/h5-8,17H,9-14H2,1-4H3,(H,25,32)/t17-/m1/s1. The highest BCUT2D eigenvalue weighted by Crippen LogP contribution is 2.28. The van der Waals surface area contributed by atoms with Crippen LogP contribution in [0.4, 0.5) is 10.1 Å². The molecule has 1 aliphatic heterocycles. The number of ether oxygens (including phenoxy) is 1. The van der Waals surface area contributed by atoms with E-state index in [1.165, 1.54) is 23.9 Å². The van der Waals surface area contributed by atoms with Crippen molar-refractivity contribution in [2.24, 2.45) is 7.05 Å². The highest BCUT2D eigenvalue weighted by molar-refractivity contribution is 8.00. The fraction of sp³-hybridized carbons (Fsp3) is 0.478. The Morgan fingerprint density at radius 1 is 1.18 bits per heavy atom. The molecule has 0 unspecified atom stereocenters. The lowest BCUT2D eigenvalue weighted by atomic mass is 10.2. The van der Waals surface area contributed by atoms with Crippen LogP contribution in [0, 0.1) is 19.7 Å². The number of aromatic nitrogens is 5. The van der Waals surface area contributed by atoms with E-state index in [2.05, 4.69) is 25.5 Å². The minimum Gasteiger partial charge on any atom is -0.379 e. The van der Waals surface area contributed by atoms with Gasteiger partial charge in [0.2, 0.25) is 5.91 Å². The van der Waals surface area contributed by atoms with Crippen LogP contribution < -0.4 is 5.32 Å². The lowest BCUT2D eigenvalue weighted by Gasteiger charge is -2.27. The maximum absolute atomic E-state index is 13.5. The van der Waals surface area contributed by atoms with Crippen LogP contribution in [-0.2, 0) is 23.1 Å². The molecule has 0 spiro atoms. The van der Waals surface area contributed by atoms with Gasteiger partial charge in [-0.25, -0.2) is 4.39 Å². The second kappa shape index (κ2) is 10.7. The first-order valence-electron chi connectivity index (χ1n) is 11.3. The van der Waals surface area contributed by atoms with Gasteiger partial charge in [0, 0.05) is 38.8 Å². The second-order valence-electron chi connectivity index (χ2n) is 8.34. The fourth-order valence-electron chi connectivity index (χ4n) is 3.85. The minimum atomic E-state index is -0.411. The third-order valence-electron chi connectivity index (χ3n) is 5.97. The number of carbonyl (C=O) groups excluding carboxylic acids is 1. The highest BCUT2D eigenvalue weighted by atomic mass is 32.2. The number of benzene rings is 1. The van der Waals surface area contributed by atoms with E-state index in [4.69, 9.17) is 4.74 Å². The first-order chi connectivity index (χ1) is 16.3. The van der Waals surface area contributed by atoms with Gasteiger partial charge >= 0.3 is 0 Å². The van der Waals surface area contributed by atoms with Gasteiger partial charge in [-0.05, 0) is 45.0 Å². The van der Waals surface area contributed by atoms with Crippen molar-refractivity contribution in [1.29, 1.82) is 0 Å². The molecule has 1 amide bonds. The Morgan fingerprint density at radius 3 is 2.53 bits per heavy atom. The third kappa shape index (κ3) is 5.48. The molecule has 1 aromatic carbocycles. The third-order valence-corrected chi connectivity index (χ3v) is 7.05. The zero-order valence-corrected chi connectivity index (χ0v) is 20.7. The monoisotopic (exact) mass is 487 g/mol. The van der Waals surface area contributed by atoms with Crippen molar-refractivity contribution in [1.82, 2.24) is 29.4 Å². The lowest BCUT2D eigenvalue weighted by molar-refractivity contribution is -0.115. The molecule has 1 saturated heterocycles. The summed E-state index contributed by atoms with van der Waals surface area (Å²) in [7, 11) is 1.85. The molecule has 0 bridgehead atoms. The molecule has 1 N–H and O–H groups in total. The number of nitrogens with zero attached hydrogens (tertiary/aromatic N) is 6. The topological polar surface area (TPSA) is 90.1 Å². The molecular formula is C23H30FN7O2S. The molecule has 2 aromatic heterocycles.